The van der Waals surface area contributed by atoms with Crippen molar-refractivity contribution in [3.8, 4) is 51.4 Å². The van der Waals surface area contributed by atoms with E-state index in [1.807, 2.05) is 292 Å². The van der Waals surface area contributed by atoms with Gasteiger partial charge in [0.05, 0.1) is 128 Å². The van der Waals surface area contributed by atoms with Gasteiger partial charge in [-0.2, -0.15) is 0 Å². The second kappa shape index (κ2) is 53.6. The zero-order chi connectivity index (χ0) is 77.5. The van der Waals surface area contributed by atoms with E-state index < -0.39 is 0 Å². The van der Waals surface area contributed by atoms with Gasteiger partial charge in [0.15, 0.2) is 0 Å². The maximum atomic E-state index is 6.05. The maximum Gasteiger partial charge on any atom is 2.00 e. The normalized spacial score (nSPS) is 11.3. The third-order valence-electron chi connectivity index (χ3n) is 17.6. The molecule has 0 N–H and O–H groups in total. The number of rotatable bonds is 33. The molecule has 0 spiro atoms. The maximum absolute atomic E-state index is 6.05. The van der Waals surface area contributed by atoms with Crippen molar-refractivity contribution in [1.29, 1.82) is 0 Å². The van der Waals surface area contributed by atoms with Crippen LogP contribution in [-0.2, 0) is 88.0 Å². The van der Waals surface area contributed by atoms with E-state index in [0.29, 0.717) is 59.5 Å². The van der Waals surface area contributed by atoms with Crippen LogP contribution in [-0.4, -0.2) is 83.3 Å². The van der Waals surface area contributed by atoms with Gasteiger partial charge in [0.2, 0.25) is 0 Å². The Bertz CT molecular complexity index is 4810. The van der Waals surface area contributed by atoms with Crippen LogP contribution < -0.4 is 63.8 Å². The second-order valence-electron chi connectivity index (χ2n) is 26.0. The molecule has 0 saturated carbocycles. The molecule has 0 aliphatic heterocycles. The Morgan fingerprint density at radius 3 is 0.700 bits per heavy atom. The molecule has 15 aromatic rings. The molecule has 0 radical (unpaired) electrons. The van der Waals surface area contributed by atoms with E-state index in [2.05, 4.69) is 81.3 Å². The Labute approximate surface area is 746 Å². The number of hydrogen-bond donors (Lipinski definition) is 0. The average Bonchev–Trinajstić information content (AvgIpc) is 0.862. The number of aromatic nitrogens is 9. The van der Waals surface area contributed by atoms with Crippen LogP contribution in [0.25, 0.3) is 34.2 Å². The van der Waals surface area contributed by atoms with Gasteiger partial charge in [-0.15, -0.1) is 0 Å². The summed E-state index contributed by atoms with van der Waals surface area (Å²) < 4.78 is 35.7. The van der Waals surface area contributed by atoms with Crippen LogP contribution in [0.1, 0.15) is 85.3 Å². The number of ether oxygens (including phenoxy) is 6. The van der Waals surface area contributed by atoms with E-state index in [-0.39, 0.29) is 102 Å². The van der Waals surface area contributed by atoms with Crippen molar-refractivity contribution in [2.75, 3.05) is 19.8 Å². The van der Waals surface area contributed by atoms with Crippen LogP contribution in [0.3, 0.4) is 0 Å². The van der Waals surface area contributed by atoms with Crippen LogP contribution in [0.5, 0.6) is 17.2 Å². The molecule has 18 nitrogen and oxygen atoms in total. The minimum Gasteiger partial charge on any atom is -1.00 e. The minimum absolute atomic E-state index is 0. The van der Waals surface area contributed by atoms with Crippen molar-refractivity contribution in [2.45, 2.75) is 57.8 Å². The first-order valence-corrected chi connectivity index (χ1v) is 37.5. The Balaban J connectivity index is 0.000000242. The summed E-state index contributed by atoms with van der Waals surface area (Å²) in [6.45, 7) is 4.14. The fourth-order valence-corrected chi connectivity index (χ4v) is 11.5. The molecule has 0 fully saturated rings. The molecule has 0 aliphatic carbocycles. The summed E-state index contributed by atoms with van der Waals surface area (Å²) >= 11 is 0. The largest absolute Gasteiger partial charge is 2.00 e. The molecule has 0 saturated heterocycles. The Hall–Kier alpha value is -11.8. The minimum atomic E-state index is -0.159. The number of pyridine rings is 9. The topological polar surface area (TPSA) is 208 Å². The van der Waals surface area contributed by atoms with Gasteiger partial charge >= 0.3 is 34.1 Å². The fraction of sp³-hybridized carbons (Fsp3) is 0.125. The molecule has 9 aromatic heterocycles. The first-order valence-electron chi connectivity index (χ1n) is 37.5. The standard InChI is InChI=1S/3C32H28N4O2.4ClH.2Fe/c3*1-3-9-25(10-4-1)23-38-29-16-15-28(34-21-29)20-36-32(27-11-5-2-6-12-27)24-37-22-26-14-17-31(35-19-26)30-13-7-8-18-33-30;;;;;;/h3*1-21,32H,22-24H2;4*1H;;/q;;;;;;;2*+2/p-4/t3*32-;;;;;;/m000....../s1. The van der Waals surface area contributed by atoms with Crippen LogP contribution in [0, 0.1) is 0 Å². The number of halogens is 4. The zero-order valence-electron chi connectivity index (χ0n) is 65.0. The SMILES string of the molecule is C(=N[C@@H](COCc1ccc(-c2ccccn2)nc1)c1ccccc1)c1ccc(OCc2ccccc2)cn1.C(=N[C@@H](COCc1ccc(-c2ccccn2)nc1)c1ccccc1)c1ccc(OCc2ccccc2)cn1.C(=N[C@@H](COCc1ccc(-c2ccccn2)nc1)c1ccccc1)c1ccc(OCc2ccccc2)cn1.[Cl-].[Cl-].[Cl-].[Cl-].[Fe+2].[Fe+2]. The third kappa shape index (κ3) is 31.8. The van der Waals surface area contributed by atoms with Gasteiger partial charge in [0.1, 0.15) is 37.1 Å². The van der Waals surface area contributed by atoms with E-state index in [1.165, 1.54) is 0 Å². The van der Waals surface area contributed by atoms with Gasteiger partial charge < -0.3 is 78.0 Å². The number of hydrogen-bond acceptors (Lipinski definition) is 18. The van der Waals surface area contributed by atoms with E-state index in [9.17, 15) is 0 Å². The summed E-state index contributed by atoms with van der Waals surface area (Å²) in [7, 11) is 0. The molecule has 0 bridgehead atoms. The Morgan fingerprint density at radius 2 is 0.475 bits per heavy atom. The van der Waals surface area contributed by atoms with Crippen molar-refractivity contribution in [1.82, 2.24) is 44.9 Å². The van der Waals surface area contributed by atoms with Crippen LogP contribution in [0.15, 0.2) is 380 Å². The fourth-order valence-electron chi connectivity index (χ4n) is 11.5. The van der Waals surface area contributed by atoms with Crippen LogP contribution in [0.4, 0.5) is 0 Å². The summed E-state index contributed by atoms with van der Waals surface area (Å²) in [4.78, 5) is 54.5. The van der Waals surface area contributed by atoms with E-state index in [0.717, 1.165) is 119 Å². The summed E-state index contributed by atoms with van der Waals surface area (Å²) in [6.07, 6.45) is 21.3. The molecule has 9 heterocycles. The molecule has 15 rings (SSSR count). The second-order valence-corrected chi connectivity index (χ2v) is 26.0. The van der Waals surface area contributed by atoms with Gasteiger partial charge in [0, 0.05) is 55.8 Å². The molecular formula is C96H84Cl4Fe2N12O6. The molecule has 0 unspecified atom stereocenters. The molecular weight excluding hydrogens is 1670 g/mol. The monoisotopic (exact) mass is 1750 g/mol. The first-order chi connectivity index (χ1) is 56.5. The zero-order valence-corrected chi connectivity index (χ0v) is 70.2. The van der Waals surface area contributed by atoms with Crippen molar-refractivity contribution >= 4 is 18.6 Å². The smallest absolute Gasteiger partial charge is 1.00 e. The predicted molar refractivity (Wildman–Crippen MR) is 447 cm³/mol. The molecule has 120 heavy (non-hydrogen) atoms. The molecule has 0 amide bonds. The van der Waals surface area contributed by atoms with Gasteiger partial charge in [-0.25, -0.2) is 0 Å². The average molecular weight is 1760 g/mol. The van der Waals surface area contributed by atoms with Gasteiger partial charge in [-0.05, 0) is 141 Å². The van der Waals surface area contributed by atoms with Gasteiger partial charge in [-0.1, -0.05) is 218 Å². The summed E-state index contributed by atoms with van der Waals surface area (Å²) in [5.74, 6) is 2.16. The number of aliphatic imine (C=N–C) groups is 3. The molecule has 608 valence electrons. The summed E-state index contributed by atoms with van der Waals surface area (Å²) in [5.41, 5.74) is 16.9. The van der Waals surface area contributed by atoms with Crippen molar-refractivity contribution < 1.29 is 112 Å². The molecule has 6 aromatic carbocycles. The van der Waals surface area contributed by atoms with E-state index in [4.69, 9.17) is 43.4 Å². The predicted octanol–water partition coefficient (Wildman–Crippen LogP) is 7.49. The molecule has 24 heteroatoms. The van der Waals surface area contributed by atoms with Crippen LogP contribution >= 0.6 is 0 Å². The van der Waals surface area contributed by atoms with Crippen molar-refractivity contribution in [3.05, 3.63) is 432 Å². The van der Waals surface area contributed by atoms with Crippen molar-refractivity contribution in [2.24, 2.45) is 15.0 Å². The first kappa shape index (κ1) is 95.3. The quantitative estimate of drug-likeness (QED) is 0.0288. The number of nitrogens with zero attached hydrogens (tertiary/aromatic N) is 12. The Kier molecular flexibility index (Phi) is 42.5. The molecule has 3 atom stereocenters. The van der Waals surface area contributed by atoms with Crippen molar-refractivity contribution in [3.63, 3.8) is 0 Å². The number of benzene rings is 6. The van der Waals surface area contributed by atoms with E-state index in [1.54, 1.807) is 55.8 Å². The third-order valence-corrected chi connectivity index (χ3v) is 17.6. The molecule has 0 aliphatic rings. The summed E-state index contributed by atoms with van der Waals surface area (Å²) in [5, 5.41) is 0. The van der Waals surface area contributed by atoms with Gasteiger partial charge in [-0.3, -0.25) is 59.8 Å². The van der Waals surface area contributed by atoms with Gasteiger partial charge in [0.25, 0.3) is 0 Å². The Morgan fingerprint density at radius 1 is 0.225 bits per heavy atom. The van der Waals surface area contributed by atoms with E-state index >= 15 is 0 Å². The summed E-state index contributed by atoms with van der Waals surface area (Å²) in [6, 6.07) is 101. The van der Waals surface area contributed by atoms with Crippen LogP contribution in [0.2, 0.25) is 0 Å².